The second-order valence-electron chi connectivity index (χ2n) is 4.50. The molecule has 2 N–H and O–H groups in total. The van der Waals surface area contributed by atoms with Crippen molar-refractivity contribution in [2.75, 3.05) is 18.0 Å². The van der Waals surface area contributed by atoms with E-state index in [1.165, 1.54) is 0 Å². The van der Waals surface area contributed by atoms with Crippen molar-refractivity contribution in [1.29, 1.82) is 0 Å². The second-order valence-corrected chi connectivity index (χ2v) is 5.42. The SMILES string of the molecule is C[C@@H]1CN(c2ncc(Br)cc2CN)C[C@H](C)O1. The van der Waals surface area contributed by atoms with Crippen LogP contribution >= 0.6 is 15.9 Å². The Kier molecular flexibility index (Phi) is 4.01. The first-order valence-corrected chi connectivity index (χ1v) is 6.64. The van der Waals surface area contributed by atoms with Crippen molar-refractivity contribution in [2.24, 2.45) is 5.73 Å². The predicted molar refractivity (Wildman–Crippen MR) is 72.1 cm³/mol. The molecule has 0 aliphatic carbocycles. The van der Waals surface area contributed by atoms with E-state index in [-0.39, 0.29) is 12.2 Å². The summed E-state index contributed by atoms with van der Waals surface area (Å²) in [6, 6.07) is 2.03. The maximum absolute atomic E-state index is 5.78. The summed E-state index contributed by atoms with van der Waals surface area (Å²) in [4.78, 5) is 6.74. The molecule has 1 fully saturated rings. The smallest absolute Gasteiger partial charge is 0.133 e. The zero-order valence-electron chi connectivity index (χ0n) is 10.2. The minimum atomic E-state index is 0.231. The van der Waals surface area contributed by atoms with Crippen LogP contribution in [0.25, 0.3) is 0 Å². The lowest BCUT2D eigenvalue weighted by Crippen LogP contribution is -2.46. The van der Waals surface area contributed by atoms with Crippen molar-refractivity contribution in [3.63, 3.8) is 0 Å². The number of nitrogens with two attached hydrogens (primary N) is 1. The molecule has 0 unspecified atom stereocenters. The Morgan fingerprint density at radius 2 is 2.12 bits per heavy atom. The van der Waals surface area contributed by atoms with Crippen LogP contribution in [0, 0.1) is 0 Å². The Hall–Kier alpha value is -0.650. The molecule has 1 aromatic heterocycles. The zero-order chi connectivity index (χ0) is 12.4. The molecule has 1 aromatic rings. The van der Waals surface area contributed by atoms with Gasteiger partial charge in [-0.25, -0.2) is 4.98 Å². The van der Waals surface area contributed by atoms with Crippen LogP contribution in [-0.2, 0) is 11.3 Å². The Labute approximate surface area is 110 Å². The number of nitrogens with zero attached hydrogens (tertiary/aromatic N) is 2. The molecule has 0 radical (unpaired) electrons. The van der Waals surface area contributed by atoms with Gasteiger partial charge in [0.2, 0.25) is 0 Å². The molecule has 0 aromatic carbocycles. The average molecular weight is 300 g/mol. The summed E-state index contributed by atoms with van der Waals surface area (Å²) in [7, 11) is 0. The van der Waals surface area contributed by atoms with Gasteiger partial charge < -0.3 is 15.4 Å². The third kappa shape index (κ3) is 2.97. The maximum Gasteiger partial charge on any atom is 0.133 e. The lowest BCUT2D eigenvalue weighted by atomic mass is 10.2. The van der Waals surface area contributed by atoms with E-state index in [1.807, 2.05) is 12.3 Å². The van der Waals surface area contributed by atoms with Crippen molar-refractivity contribution in [1.82, 2.24) is 4.98 Å². The van der Waals surface area contributed by atoms with Gasteiger partial charge in [-0.3, -0.25) is 0 Å². The third-order valence-corrected chi connectivity index (χ3v) is 3.28. The first kappa shape index (κ1) is 12.8. The van der Waals surface area contributed by atoms with E-state index in [2.05, 4.69) is 39.7 Å². The van der Waals surface area contributed by atoms with E-state index in [4.69, 9.17) is 10.5 Å². The lowest BCUT2D eigenvalue weighted by molar-refractivity contribution is -0.00550. The Morgan fingerprint density at radius 3 is 2.71 bits per heavy atom. The van der Waals surface area contributed by atoms with Crippen LogP contribution in [0.2, 0.25) is 0 Å². The van der Waals surface area contributed by atoms with Crippen molar-refractivity contribution in [3.8, 4) is 0 Å². The number of rotatable bonds is 2. The summed E-state index contributed by atoms with van der Waals surface area (Å²) in [5, 5.41) is 0. The highest BCUT2D eigenvalue weighted by atomic mass is 79.9. The summed E-state index contributed by atoms with van der Waals surface area (Å²) in [5.41, 5.74) is 6.85. The fourth-order valence-corrected chi connectivity index (χ4v) is 2.64. The highest BCUT2D eigenvalue weighted by molar-refractivity contribution is 9.10. The number of halogens is 1. The standard InChI is InChI=1S/C12H18BrN3O/c1-8-6-16(7-9(2)17-8)12-10(4-14)3-11(13)5-15-12/h3,5,8-9H,4,6-7,14H2,1-2H3/t8-,9+. The van der Waals surface area contributed by atoms with E-state index in [1.54, 1.807) is 0 Å². The molecule has 1 aliphatic heterocycles. The van der Waals surface area contributed by atoms with Crippen LogP contribution in [0.4, 0.5) is 5.82 Å². The summed E-state index contributed by atoms with van der Waals surface area (Å²) >= 11 is 3.42. The Morgan fingerprint density at radius 1 is 1.47 bits per heavy atom. The minimum Gasteiger partial charge on any atom is -0.372 e. The van der Waals surface area contributed by atoms with Gasteiger partial charge in [0.1, 0.15) is 5.82 Å². The molecule has 1 saturated heterocycles. The van der Waals surface area contributed by atoms with Crippen LogP contribution in [0.5, 0.6) is 0 Å². The van der Waals surface area contributed by atoms with Crippen LogP contribution in [0.1, 0.15) is 19.4 Å². The number of morpholine rings is 1. The molecule has 4 nitrogen and oxygen atoms in total. The molecule has 2 rings (SSSR count). The van der Waals surface area contributed by atoms with Gasteiger partial charge in [-0.15, -0.1) is 0 Å². The number of pyridine rings is 1. The third-order valence-electron chi connectivity index (χ3n) is 2.85. The maximum atomic E-state index is 5.78. The number of hydrogen-bond donors (Lipinski definition) is 1. The van der Waals surface area contributed by atoms with Crippen LogP contribution in [0.3, 0.4) is 0 Å². The first-order valence-electron chi connectivity index (χ1n) is 5.85. The van der Waals surface area contributed by atoms with Gasteiger partial charge in [-0.1, -0.05) is 0 Å². The van der Waals surface area contributed by atoms with E-state index < -0.39 is 0 Å². The highest BCUT2D eigenvalue weighted by Crippen LogP contribution is 2.24. The Bertz CT molecular complexity index is 389. The fraction of sp³-hybridized carbons (Fsp3) is 0.583. The fourth-order valence-electron chi connectivity index (χ4n) is 2.26. The molecule has 0 spiro atoms. The molecule has 0 saturated carbocycles. The van der Waals surface area contributed by atoms with Crippen molar-refractivity contribution in [2.45, 2.75) is 32.6 Å². The monoisotopic (exact) mass is 299 g/mol. The van der Waals surface area contributed by atoms with Crippen LogP contribution < -0.4 is 10.6 Å². The molecule has 2 heterocycles. The molecule has 5 heteroatoms. The minimum absolute atomic E-state index is 0.231. The van der Waals surface area contributed by atoms with Gasteiger partial charge in [0.15, 0.2) is 0 Å². The predicted octanol–water partition coefficient (Wildman–Crippen LogP) is 1.92. The quantitative estimate of drug-likeness (QED) is 0.906. The van der Waals surface area contributed by atoms with Gasteiger partial charge in [-0.05, 0) is 35.8 Å². The van der Waals surface area contributed by atoms with Crippen molar-refractivity contribution in [3.05, 3.63) is 22.3 Å². The highest BCUT2D eigenvalue weighted by Gasteiger charge is 2.24. The topological polar surface area (TPSA) is 51.4 Å². The molecule has 1 aliphatic rings. The summed E-state index contributed by atoms with van der Waals surface area (Å²) in [6.45, 7) is 6.41. The van der Waals surface area contributed by atoms with E-state index in [9.17, 15) is 0 Å². The van der Waals surface area contributed by atoms with Crippen LogP contribution in [0.15, 0.2) is 16.7 Å². The van der Waals surface area contributed by atoms with E-state index in [0.717, 1.165) is 28.9 Å². The second kappa shape index (κ2) is 5.33. The molecule has 94 valence electrons. The van der Waals surface area contributed by atoms with Gasteiger partial charge in [0.05, 0.1) is 12.2 Å². The molecular formula is C12H18BrN3O. The van der Waals surface area contributed by atoms with Gasteiger partial charge in [0, 0.05) is 35.9 Å². The average Bonchev–Trinajstić information content (AvgIpc) is 2.27. The molecule has 17 heavy (non-hydrogen) atoms. The van der Waals surface area contributed by atoms with Crippen molar-refractivity contribution < 1.29 is 4.74 Å². The summed E-state index contributed by atoms with van der Waals surface area (Å²) < 4.78 is 6.69. The molecule has 2 atom stereocenters. The molecule has 0 bridgehead atoms. The van der Waals surface area contributed by atoms with Gasteiger partial charge >= 0.3 is 0 Å². The van der Waals surface area contributed by atoms with Crippen molar-refractivity contribution >= 4 is 21.7 Å². The normalized spacial score (nSPS) is 25.1. The van der Waals surface area contributed by atoms with Gasteiger partial charge in [-0.2, -0.15) is 0 Å². The molecule has 0 amide bonds. The number of anilines is 1. The Balaban J connectivity index is 2.26. The van der Waals surface area contributed by atoms with Crippen LogP contribution in [-0.4, -0.2) is 30.3 Å². The number of hydrogen-bond acceptors (Lipinski definition) is 4. The first-order chi connectivity index (χ1) is 8.10. The largest absolute Gasteiger partial charge is 0.372 e. The van der Waals surface area contributed by atoms with E-state index >= 15 is 0 Å². The lowest BCUT2D eigenvalue weighted by Gasteiger charge is -2.36. The number of aromatic nitrogens is 1. The number of ether oxygens (including phenoxy) is 1. The molecular weight excluding hydrogens is 282 g/mol. The zero-order valence-corrected chi connectivity index (χ0v) is 11.8. The van der Waals surface area contributed by atoms with E-state index in [0.29, 0.717) is 6.54 Å². The summed E-state index contributed by atoms with van der Waals surface area (Å²) in [6.07, 6.45) is 2.28. The summed E-state index contributed by atoms with van der Waals surface area (Å²) in [5.74, 6) is 0.984. The van der Waals surface area contributed by atoms with Gasteiger partial charge in [0.25, 0.3) is 0 Å².